The fourth-order valence-electron chi connectivity index (χ4n) is 1.72. The molecule has 18 heavy (non-hydrogen) atoms. The lowest BCUT2D eigenvalue weighted by Crippen LogP contribution is -2.29. The van der Waals surface area contributed by atoms with Gasteiger partial charge in [0.05, 0.1) is 5.57 Å². The first-order valence-electron chi connectivity index (χ1n) is 5.79. The minimum Gasteiger partial charge on any atom is -0.384 e. The van der Waals surface area contributed by atoms with E-state index >= 15 is 0 Å². The van der Waals surface area contributed by atoms with E-state index in [1.165, 1.54) is 6.92 Å². The number of fused-ring (bicyclic) bond motifs is 1. The molecule has 5 heteroatoms. The van der Waals surface area contributed by atoms with Crippen LogP contribution >= 0.6 is 0 Å². The number of carbonyl (C=O) groups is 2. The summed E-state index contributed by atoms with van der Waals surface area (Å²) in [5.41, 5.74) is 5.41. The van der Waals surface area contributed by atoms with E-state index in [4.69, 9.17) is 0 Å². The number of amides is 1. The van der Waals surface area contributed by atoms with E-state index < -0.39 is 0 Å². The lowest BCUT2D eigenvalue weighted by molar-refractivity contribution is -0.116. The number of carbonyl (C=O) groups excluding carboxylic acids is 2. The Labute approximate surface area is 105 Å². The highest BCUT2D eigenvalue weighted by Gasteiger charge is 2.23. The van der Waals surface area contributed by atoms with Gasteiger partial charge in [-0.05, 0) is 6.42 Å². The van der Waals surface area contributed by atoms with Crippen molar-refractivity contribution in [2.24, 2.45) is 5.73 Å². The molecule has 4 nitrogen and oxygen atoms in total. The summed E-state index contributed by atoms with van der Waals surface area (Å²) < 4.78 is 13.5. The van der Waals surface area contributed by atoms with E-state index in [9.17, 15) is 14.0 Å². The largest absolute Gasteiger partial charge is 0.384 e. The highest BCUT2D eigenvalue weighted by atomic mass is 19.1. The maximum Gasteiger partial charge on any atom is 0.214 e. The molecule has 0 atom stereocenters. The third kappa shape index (κ3) is 4.16. The summed E-state index contributed by atoms with van der Waals surface area (Å²) in [6.07, 6.45) is 6.92. The van der Waals surface area contributed by atoms with Crippen LogP contribution in [0.25, 0.3) is 0 Å². The first kappa shape index (κ1) is 14.2. The number of halogens is 1. The Hall–Kier alpha value is -1.91. The van der Waals surface area contributed by atoms with Crippen LogP contribution in [0.4, 0.5) is 4.39 Å². The van der Waals surface area contributed by atoms with Gasteiger partial charge in [-0.2, -0.15) is 0 Å². The Morgan fingerprint density at radius 1 is 1.44 bits per heavy atom. The van der Waals surface area contributed by atoms with Crippen molar-refractivity contribution in [3.8, 4) is 0 Å². The maximum atomic E-state index is 13.5. The minimum absolute atomic E-state index is 0.0807. The van der Waals surface area contributed by atoms with Crippen LogP contribution in [0.3, 0.4) is 0 Å². The van der Waals surface area contributed by atoms with Crippen LogP contribution in [-0.4, -0.2) is 18.2 Å². The van der Waals surface area contributed by atoms with Gasteiger partial charge in [0.25, 0.3) is 0 Å². The molecule has 1 fully saturated rings. The van der Waals surface area contributed by atoms with Crippen LogP contribution in [0.1, 0.15) is 26.2 Å². The molecular weight excluding hydrogens is 235 g/mol. The van der Waals surface area contributed by atoms with Crippen LogP contribution < -0.4 is 11.1 Å². The van der Waals surface area contributed by atoms with Crippen molar-refractivity contribution >= 4 is 11.7 Å². The molecule has 1 aliphatic carbocycles. The quantitative estimate of drug-likeness (QED) is 0.642. The molecule has 0 aromatic rings. The monoisotopic (exact) mass is 252 g/mol. The first-order valence-corrected chi connectivity index (χ1v) is 5.79. The lowest BCUT2D eigenvalue weighted by atomic mass is 9.97. The Balaban J connectivity index is 0.000000357. The van der Waals surface area contributed by atoms with Gasteiger partial charge in [0, 0.05) is 32.0 Å². The summed E-state index contributed by atoms with van der Waals surface area (Å²) in [5.74, 6) is -0.729. The van der Waals surface area contributed by atoms with Gasteiger partial charge in [-0.3, -0.25) is 9.59 Å². The van der Waals surface area contributed by atoms with E-state index in [0.29, 0.717) is 18.7 Å². The fraction of sp³-hybridized carbons (Fsp3) is 0.385. The normalized spacial score (nSPS) is 25.4. The number of nitrogens with two attached hydrogens (primary N) is 1. The topological polar surface area (TPSA) is 72.2 Å². The van der Waals surface area contributed by atoms with Crippen LogP contribution in [0.15, 0.2) is 35.3 Å². The highest BCUT2D eigenvalue weighted by molar-refractivity contribution is 6.01. The molecule has 1 saturated heterocycles. The fourth-order valence-corrected chi connectivity index (χ4v) is 1.72. The average Bonchev–Trinajstić information content (AvgIpc) is 2.24. The molecule has 1 aliphatic heterocycles. The van der Waals surface area contributed by atoms with E-state index in [1.807, 2.05) is 12.2 Å². The lowest BCUT2D eigenvalue weighted by Gasteiger charge is -2.20. The second-order valence-corrected chi connectivity index (χ2v) is 4.02. The van der Waals surface area contributed by atoms with Gasteiger partial charge in [-0.1, -0.05) is 18.2 Å². The number of hydrogen-bond donors (Lipinski definition) is 2. The van der Waals surface area contributed by atoms with Crippen LogP contribution in [-0.2, 0) is 9.59 Å². The molecule has 2 rings (SSSR count). The van der Waals surface area contributed by atoms with Gasteiger partial charge in [0.2, 0.25) is 5.91 Å². The molecule has 0 radical (unpaired) electrons. The zero-order chi connectivity index (χ0) is 13.5. The summed E-state index contributed by atoms with van der Waals surface area (Å²) >= 11 is 0. The van der Waals surface area contributed by atoms with Crippen molar-refractivity contribution in [2.75, 3.05) is 6.54 Å². The molecule has 1 amide bonds. The highest BCUT2D eigenvalue weighted by Crippen LogP contribution is 2.24. The Morgan fingerprint density at radius 3 is 2.78 bits per heavy atom. The smallest absolute Gasteiger partial charge is 0.214 e. The molecule has 98 valence electrons. The number of nitrogens with one attached hydrogen (secondary N) is 1. The van der Waals surface area contributed by atoms with Gasteiger partial charge in [0.1, 0.15) is 5.83 Å². The molecule has 0 bridgehead atoms. The molecule has 3 N–H and O–H groups in total. The van der Waals surface area contributed by atoms with Gasteiger partial charge in [-0.25, -0.2) is 4.39 Å². The van der Waals surface area contributed by atoms with Gasteiger partial charge in [-0.15, -0.1) is 0 Å². The van der Waals surface area contributed by atoms with Crippen molar-refractivity contribution in [1.82, 2.24) is 5.32 Å². The van der Waals surface area contributed by atoms with Crippen molar-refractivity contribution < 1.29 is 14.0 Å². The van der Waals surface area contributed by atoms with Crippen molar-refractivity contribution in [2.45, 2.75) is 26.2 Å². The van der Waals surface area contributed by atoms with Crippen molar-refractivity contribution in [1.29, 1.82) is 0 Å². The summed E-state index contributed by atoms with van der Waals surface area (Å²) in [4.78, 5) is 20.7. The third-order valence-electron chi connectivity index (χ3n) is 2.41. The number of primary amides is 1. The maximum absolute atomic E-state index is 13.5. The summed E-state index contributed by atoms with van der Waals surface area (Å²) in [7, 11) is 0. The van der Waals surface area contributed by atoms with Crippen LogP contribution in [0, 0.1) is 0 Å². The van der Waals surface area contributed by atoms with Crippen LogP contribution in [0.5, 0.6) is 0 Å². The number of rotatable bonds is 0. The summed E-state index contributed by atoms with van der Waals surface area (Å²) in [6.45, 7) is 1.92. The number of ketones is 1. The van der Waals surface area contributed by atoms with Crippen molar-refractivity contribution in [3.05, 3.63) is 35.3 Å². The van der Waals surface area contributed by atoms with Crippen LogP contribution in [0.2, 0.25) is 0 Å². The van der Waals surface area contributed by atoms with E-state index in [2.05, 4.69) is 11.1 Å². The molecular formula is C13H17FN2O2. The molecule has 0 aromatic carbocycles. The molecule has 1 heterocycles. The van der Waals surface area contributed by atoms with E-state index in [-0.39, 0.29) is 29.5 Å². The zero-order valence-corrected chi connectivity index (χ0v) is 10.3. The Morgan fingerprint density at radius 2 is 2.11 bits per heavy atom. The SMILES string of the molecule is CC(N)=O.O=C1CCN/C2=C/CC=CC/C(F)=C/12. The second kappa shape index (κ2) is 6.74. The minimum atomic E-state index is -0.333. The first-order chi connectivity index (χ1) is 8.52. The standard InChI is InChI=1S/C11H12FNO.C2H5NO/c12-8-4-2-1-3-5-9-11(8)10(14)6-7-13-9;1-2(3)4/h1-2,5,13H,3-4,6-7H2;1H3,(H2,3,4)/b2-1?,9-5+,11-8-;. The number of hydrogen-bond acceptors (Lipinski definition) is 3. The zero-order valence-electron chi connectivity index (χ0n) is 10.3. The molecule has 0 aromatic heterocycles. The number of piperidine rings is 1. The van der Waals surface area contributed by atoms with Gasteiger partial charge >= 0.3 is 0 Å². The van der Waals surface area contributed by atoms with E-state index in [0.717, 1.165) is 6.42 Å². The predicted octanol–water partition coefficient (Wildman–Crippen LogP) is 1.50. The molecule has 2 aliphatic rings. The Kier molecular flexibility index (Phi) is 5.30. The second-order valence-electron chi connectivity index (χ2n) is 4.02. The summed E-state index contributed by atoms with van der Waals surface area (Å²) in [6, 6.07) is 0. The molecule has 0 unspecified atom stereocenters. The predicted molar refractivity (Wildman–Crippen MR) is 67.1 cm³/mol. The van der Waals surface area contributed by atoms with E-state index in [1.54, 1.807) is 6.08 Å². The Bertz CT molecular complexity index is 432. The number of allylic oxidation sites excluding steroid dienone is 5. The molecule has 0 saturated carbocycles. The van der Waals surface area contributed by atoms with Crippen molar-refractivity contribution in [3.63, 3.8) is 0 Å². The third-order valence-corrected chi connectivity index (χ3v) is 2.41. The number of Topliss-reactive ketones (excluding diaryl/α,β-unsaturated/α-hetero) is 1. The summed E-state index contributed by atoms with van der Waals surface area (Å²) in [5, 5.41) is 3.06. The average molecular weight is 252 g/mol. The van der Waals surface area contributed by atoms with Gasteiger partial charge < -0.3 is 11.1 Å². The van der Waals surface area contributed by atoms with Gasteiger partial charge in [0.15, 0.2) is 5.78 Å². The molecule has 0 spiro atoms.